The molecule has 1 aromatic heterocycles. The Kier molecular flexibility index (Phi) is 4.36. The Bertz CT molecular complexity index is 726. The van der Waals surface area contributed by atoms with Crippen molar-refractivity contribution < 1.29 is 18.9 Å². The first-order valence-corrected chi connectivity index (χ1v) is 5.81. The molecule has 0 aliphatic rings. The van der Waals surface area contributed by atoms with E-state index >= 15 is 0 Å². The summed E-state index contributed by atoms with van der Waals surface area (Å²) in [7, 11) is 0. The fraction of sp³-hybridized carbons (Fsp3) is 0.0909. The molecule has 1 heterocycles. The van der Waals surface area contributed by atoms with E-state index in [4.69, 9.17) is 4.84 Å². The maximum atomic E-state index is 12.7. The Hall–Kier alpha value is -3.37. The summed E-state index contributed by atoms with van der Waals surface area (Å²) in [6.07, 6.45) is 1.22. The molecule has 0 atom stereocenters. The Morgan fingerprint density at radius 2 is 2.14 bits per heavy atom. The van der Waals surface area contributed by atoms with E-state index in [9.17, 15) is 19.3 Å². The van der Waals surface area contributed by atoms with Gasteiger partial charge in [0.15, 0.2) is 0 Å². The molecule has 0 bridgehead atoms. The number of hydrogen-bond donors (Lipinski definition) is 1. The average molecular weight is 308 g/mol. The van der Waals surface area contributed by atoms with Gasteiger partial charge in [0.05, 0.1) is 32.9 Å². The van der Waals surface area contributed by atoms with E-state index in [0.29, 0.717) is 0 Å². The normalized spacial score (nSPS) is 11.1. The minimum Gasteiger partial charge on any atom is -0.390 e. The highest BCUT2D eigenvalue weighted by atomic mass is 19.1. The molecule has 22 heavy (non-hydrogen) atoms. The number of nitrogens with zero attached hydrogens (tertiary/aromatic N) is 5. The van der Waals surface area contributed by atoms with Gasteiger partial charge in [-0.05, 0) is 36.1 Å². The van der Waals surface area contributed by atoms with Crippen molar-refractivity contribution >= 4 is 18.1 Å². The molecule has 0 saturated carbocycles. The molecule has 2 aromatic rings. The molecule has 10 nitrogen and oxygen atoms in total. The molecule has 11 heteroatoms. The van der Waals surface area contributed by atoms with Gasteiger partial charge < -0.3 is 15.0 Å². The van der Waals surface area contributed by atoms with Crippen molar-refractivity contribution in [1.29, 1.82) is 0 Å². The minimum absolute atomic E-state index is 0.149. The number of hydrogen-bond acceptors (Lipinski definition) is 8. The number of halogens is 1. The van der Waals surface area contributed by atoms with Crippen LogP contribution in [-0.2, 0) is 4.84 Å². The predicted molar refractivity (Wildman–Crippen MR) is 69.4 cm³/mol. The predicted octanol–water partition coefficient (Wildman–Crippen LogP) is 0.900. The topological polar surface area (TPSA) is 125 Å². The fourth-order valence-corrected chi connectivity index (χ4v) is 1.32. The van der Waals surface area contributed by atoms with Gasteiger partial charge in [0.2, 0.25) is 0 Å². The van der Waals surface area contributed by atoms with E-state index in [0.717, 1.165) is 16.9 Å². The molecule has 0 aliphatic carbocycles. The van der Waals surface area contributed by atoms with Crippen LogP contribution in [0.5, 0.6) is 0 Å². The Labute approximate surface area is 122 Å². The minimum atomic E-state index is -0.797. The van der Waals surface area contributed by atoms with E-state index in [1.807, 2.05) is 0 Å². The van der Waals surface area contributed by atoms with E-state index in [1.54, 1.807) is 0 Å². The second kappa shape index (κ2) is 6.39. The molecule has 0 unspecified atom stereocenters. The summed E-state index contributed by atoms with van der Waals surface area (Å²) >= 11 is 0. The van der Waals surface area contributed by atoms with Crippen molar-refractivity contribution in [2.75, 3.05) is 0 Å². The molecule has 2 rings (SSSR count). The summed E-state index contributed by atoms with van der Waals surface area (Å²) < 4.78 is 12.7. The molecule has 0 amide bonds. The van der Waals surface area contributed by atoms with Gasteiger partial charge >= 0.3 is 11.9 Å². The van der Waals surface area contributed by atoms with E-state index in [1.165, 1.54) is 25.3 Å². The summed E-state index contributed by atoms with van der Waals surface area (Å²) in [6, 6.07) is 4.77. The number of aromatic nitrogens is 4. The van der Waals surface area contributed by atoms with Crippen LogP contribution in [0.2, 0.25) is 0 Å². The molecular weight excluding hydrogens is 299 g/mol. The first kappa shape index (κ1) is 15.0. The van der Waals surface area contributed by atoms with Crippen molar-refractivity contribution in [3.8, 4) is 0 Å². The lowest BCUT2D eigenvalue weighted by atomic mass is 10.2. The highest BCUT2D eigenvalue weighted by Gasteiger charge is 2.14. The first-order chi connectivity index (χ1) is 10.5. The lowest BCUT2D eigenvalue weighted by Gasteiger charge is -2.05. The second-order valence-electron chi connectivity index (χ2n) is 3.98. The zero-order valence-electron chi connectivity index (χ0n) is 11.1. The average Bonchev–Trinajstić information content (AvgIpc) is 2.94. The van der Waals surface area contributed by atoms with Crippen molar-refractivity contribution in [1.82, 2.24) is 25.7 Å². The lowest BCUT2D eigenvalue weighted by Crippen LogP contribution is -2.18. The maximum Gasteiger partial charge on any atom is 0.515 e. The monoisotopic (exact) mass is 308 g/mol. The van der Waals surface area contributed by atoms with Crippen LogP contribution in [0.15, 0.2) is 30.0 Å². The third-order valence-corrected chi connectivity index (χ3v) is 2.27. The number of nitrogens with one attached hydrogen (secondary N) is 1. The van der Waals surface area contributed by atoms with E-state index in [-0.39, 0.29) is 11.3 Å². The molecule has 0 aliphatic heterocycles. The van der Waals surface area contributed by atoms with Crippen LogP contribution in [0, 0.1) is 15.9 Å². The van der Waals surface area contributed by atoms with Gasteiger partial charge in [-0.25, -0.2) is 14.7 Å². The molecule has 0 spiro atoms. The van der Waals surface area contributed by atoms with E-state index < -0.39 is 22.7 Å². The van der Waals surface area contributed by atoms with Crippen molar-refractivity contribution in [3.05, 3.63) is 51.5 Å². The van der Waals surface area contributed by atoms with Gasteiger partial charge in [-0.15, -0.1) is 0 Å². The number of rotatable bonds is 5. The standard InChI is InChI=1S/C11H9FN6O4/c1-7(6-17-14-11(13-16-17)18(20)21)15-22-10(19)8-2-4-9(12)5-3-8/h2-6,15H,1H3/b7-6+. The van der Waals surface area contributed by atoms with Crippen LogP contribution < -0.4 is 5.48 Å². The molecule has 114 valence electrons. The highest BCUT2D eigenvalue weighted by molar-refractivity contribution is 5.89. The Balaban J connectivity index is 1.95. The fourth-order valence-electron chi connectivity index (χ4n) is 1.32. The molecule has 0 saturated heterocycles. The number of carbonyl (C=O) groups is 1. The van der Waals surface area contributed by atoms with Gasteiger partial charge in [0, 0.05) is 0 Å². The third-order valence-electron chi connectivity index (χ3n) is 2.27. The van der Waals surface area contributed by atoms with Crippen molar-refractivity contribution in [2.24, 2.45) is 0 Å². The number of benzene rings is 1. The third kappa shape index (κ3) is 3.82. The number of allylic oxidation sites excluding steroid dienone is 1. The van der Waals surface area contributed by atoms with Gasteiger partial charge in [0.1, 0.15) is 5.82 Å². The molecule has 0 radical (unpaired) electrons. The molecule has 1 N–H and O–H groups in total. The van der Waals surface area contributed by atoms with Crippen LogP contribution in [0.4, 0.5) is 10.3 Å². The quantitative estimate of drug-likeness (QED) is 0.638. The summed E-state index contributed by atoms with van der Waals surface area (Å²) in [5, 5.41) is 20.4. The zero-order chi connectivity index (χ0) is 16.1. The number of carbonyl (C=O) groups excluding carboxylic acids is 1. The molecule has 0 fully saturated rings. The molecule has 1 aromatic carbocycles. The number of tetrazole rings is 1. The summed E-state index contributed by atoms with van der Waals surface area (Å²) in [5.41, 5.74) is 2.73. The maximum absolute atomic E-state index is 12.7. The number of hydroxylamine groups is 1. The Morgan fingerprint density at radius 1 is 1.45 bits per heavy atom. The van der Waals surface area contributed by atoms with E-state index in [2.05, 4.69) is 20.9 Å². The van der Waals surface area contributed by atoms with Gasteiger partial charge in [-0.3, -0.25) is 0 Å². The summed E-state index contributed by atoms with van der Waals surface area (Å²) in [5.74, 6) is -1.86. The van der Waals surface area contributed by atoms with Crippen LogP contribution in [0.3, 0.4) is 0 Å². The zero-order valence-corrected chi connectivity index (χ0v) is 11.1. The van der Waals surface area contributed by atoms with Crippen LogP contribution >= 0.6 is 0 Å². The van der Waals surface area contributed by atoms with Gasteiger partial charge in [-0.1, -0.05) is 4.80 Å². The Morgan fingerprint density at radius 3 is 2.73 bits per heavy atom. The highest BCUT2D eigenvalue weighted by Crippen LogP contribution is 2.04. The van der Waals surface area contributed by atoms with Gasteiger partial charge in [-0.2, -0.15) is 0 Å². The van der Waals surface area contributed by atoms with Crippen LogP contribution in [-0.4, -0.2) is 31.1 Å². The van der Waals surface area contributed by atoms with Gasteiger partial charge in [0.25, 0.3) is 0 Å². The van der Waals surface area contributed by atoms with Crippen molar-refractivity contribution in [2.45, 2.75) is 6.92 Å². The molecular formula is C11H9FN6O4. The SMILES string of the molecule is C/C(=C\n1nnc([N+](=O)[O-])n1)NOC(=O)c1ccc(F)cc1. The van der Waals surface area contributed by atoms with Crippen LogP contribution in [0.25, 0.3) is 6.20 Å². The van der Waals surface area contributed by atoms with Crippen LogP contribution in [0.1, 0.15) is 17.3 Å². The first-order valence-electron chi connectivity index (χ1n) is 5.81. The second-order valence-corrected chi connectivity index (χ2v) is 3.98. The smallest absolute Gasteiger partial charge is 0.390 e. The van der Waals surface area contributed by atoms with Crippen molar-refractivity contribution in [3.63, 3.8) is 0 Å². The lowest BCUT2D eigenvalue weighted by molar-refractivity contribution is -0.394. The summed E-state index contributed by atoms with van der Waals surface area (Å²) in [6.45, 7) is 1.51. The largest absolute Gasteiger partial charge is 0.515 e. The summed E-state index contributed by atoms with van der Waals surface area (Å²) in [4.78, 5) is 26.8. The number of nitro groups is 1.